The van der Waals surface area contributed by atoms with E-state index in [1.54, 1.807) is 0 Å². The van der Waals surface area contributed by atoms with Crippen LogP contribution < -0.4 is 4.74 Å². The first-order valence-electron chi connectivity index (χ1n) is 6.58. The zero-order chi connectivity index (χ0) is 13.1. The Morgan fingerprint density at radius 3 is 2.24 bits per heavy atom. The van der Waals surface area contributed by atoms with Gasteiger partial charge < -0.3 is 9.47 Å². The Morgan fingerprint density at radius 2 is 1.76 bits per heavy atom. The molecule has 1 aliphatic heterocycles. The van der Waals surface area contributed by atoms with Crippen LogP contribution in [0.4, 0.5) is 0 Å². The van der Waals surface area contributed by atoms with Crippen LogP contribution in [0.2, 0.25) is 0 Å². The molecule has 17 heavy (non-hydrogen) atoms. The molecule has 0 aliphatic carbocycles. The molecular weight excluding hydrogens is 212 g/mol. The molecule has 2 heteroatoms. The van der Waals surface area contributed by atoms with Gasteiger partial charge in [0.05, 0.1) is 6.61 Å². The fourth-order valence-electron chi connectivity index (χ4n) is 1.07. The standard InChI is InChI=1S/C10H12O2.C3H8.C2H6/c1-8-4-2-3-5-10(8)12-7-9-6-11-9;1-3-2;1-2/h2-5,9H,6-7H2,1H3;3H2,1-2H3;1-2H3. The Bertz CT molecular complexity index is 280. The molecule has 1 unspecified atom stereocenters. The molecule has 1 fully saturated rings. The molecule has 2 nitrogen and oxygen atoms in total. The quantitative estimate of drug-likeness (QED) is 0.736. The van der Waals surface area contributed by atoms with Crippen LogP contribution >= 0.6 is 0 Å². The molecule has 1 heterocycles. The van der Waals surface area contributed by atoms with E-state index in [9.17, 15) is 0 Å². The molecule has 0 aromatic heterocycles. The van der Waals surface area contributed by atoms with Gasteiger partial charge in [-0.3, -0.25) is 0 Å². The van der Waals surface area contributed by atoms with Gasteiger partial charge in [-0.05, 0) is 18.6 Å². The highest BCUT2D eigenvalue weighted by atomic mass is 16.6. The summed E-state index contributed by atoms with van der Waals surface area (Å²) in [6.45, 7) is 11.8. The summed E-state index contributed by atoms with van der Waals surface area (Å²) in [5, 5.41) is 0. The smallest absolute Gasteiger partial charge is 0.122 e. The van der Waals surface area contributed by atoms with Crippen molar-refractivity contribution >= 4 is 0 Å². The normalized spacial score (nSPS) is 15.9. The number of epoxide rings is 1. The molecule has 0 N–H and O–H groups in total. The molecule has 2 rings (SSSR count). The van der Waals surface area contributed by atoms with Crippen molar-refractivity contribution in [2.24, 2.45) is 0 Å². The third-order valence-corrected chi connectivity index (χ3v) is 1.92. The summed E-state index contributed by atoms with van der Waals surface area (Å²) in [4.78, 5) is 0. The molecule has 1 atom stereocenters. The van der Waals surface area contributed by atoms with Gasteiger partial charge in [-0.15, -0.1) is 0 Å². The zero-order valence-electron chi connectivity index (χ0n) is 11.8. The molecule has 98 valence electrons. The van der Waals surface area contributed by atoms with E-state index in [1.165, 1.54) is 12.0 Å². The van der Waals surface area contributed by atoms with E-state index in [4.69, 9.17) is 9.47 Å². The maximum absolute atomic E-state index is 5.54. The molecule has 0 bridgehead atoms. The summed E-state index contributed by atoms with van der Waals surface area (Å²) in [5.74, 6) is 0.966. The molecule has 1 aromatic rings. The van der Waals surface area contributed by atoms with Crippen molar-refractivity contribution in [3.05, 3.63) is 29.8 Å². The van der Waals surface area contributed by atoms with Gasteiger partial charge in [0.15, 0.2) is 0 Å². The first-order valence-corrected chi connectivity index (χ1v) is 6.58. The minimum Gasteiger partial charge on any atom is -0.491 e. The second-order valence-corrected chi connectivity index (χ2v) is 3.74. The summed E-state index contributed by atoms with van der Waals surface area (Å²) in [6.07, 6.45) is 1.59. The van der Waals surface area contributed by atoms with Crippen LogP contribution in [0.5, 0.6) is 5.75 Å². The van der Waals surface area contributed by atoms with Crippen LogP contribution in [0.3, 0.4) is 0 Å². The second-order valence-electron chi connectivity index (χ2n) is 3.74. The zero-order valence-corrected chi connectivity index (χ0v) is 11.8. The van der Waals surface area contributed by atoms with E-state index in [0.29, 0.717) is 12.7 Å². The van der Waals surface area contributed by atoms with E-state index in [1.807, 2.05) is 45.0 Å². The van der Waals surface area contributed by atoms with Crippen molar-refractivity contribution in [3.8, 4) is 5.75 Å². The number of rotatable bonds is 3. The highest BCUT2D eigenvalue weighted by Gasteiger charge is 2.23. The van der Waals surface area contributed by atoms with E-state index >= 15 is 0 Å². The van der Waals surface area contributed by atoms with Crippen LogP contribution in [-0.4, -0.2) is 19.3 Å². The van der Waals surface area contributed by atoms with E-state index in [0.717, 1.165) is 12.4 Å². The highest BCUT2D eigenvalue weighted by Crippen LogP contribution is 2.18. The SMILES string of the molecule is CC.CCC.Cc1ccccc1OCC1CO1. The van der Waals surface area contributed by atoms with Crippen LogP contribution in [0.1, 0.15) is 39.7 Å². The molecule has 0 spiro atoms. The van der Waals surface area contributed by atoms with Crippen molar-refractivity contribution in [1.82, 2.24) is 0 Å². The summed E-state index contributed by atoms with van der Waals surface area (Å²) in [5.41, 5.74) is 1.18. The first kappa shape index (κ1) is 16.0. The molecule has 1 saturated heterocycles. The molecular formula is C15H26O2. The predicted octanol–water partition coefficient (Wildman–Crippen LogP) is 4.22. The monoisotopic (exact) mass is 238 g/mol. The van der Waals surface area contributed by atoms with Gasteiger partial charge in [-0.1, -0.05) is 52.3 Å². The summed E-state index contributed by atoms with van der Waals surface area (Å²) in [6, 6.07) is 8.02. The topological polar surface area (TPSA) is 21.8 Å². The Labute approximate surface area is 106 Å². The average molecular weight is 238 g/mol. The van der Waals surface area contributed by atoms with Gasteiger partial charge >= 0.3 is 0 Å². The lowest BCUT2D eigenvalue weighted by atomic mass is 10.2. The molecule has 1 aromatic carbocycles. The maximum Gasteiger partial charge on any atom is 0.122 e. The molecule has 0 radical (unpaired) electrons. The van der Waals surface area contributed by atoms with Gasteiger partial charge in [-0.2, -0.15) is 0 Å². The number of para-hydroxylation sites is 1. The van der Waals surface area contributed by atoms with Gasteiger partial charge in [0.2, 0.25) is 0 Å². The lowest BCUT2D eigenvalue weighted by Crippen LogP contribution is -2.04. The van der Waals surface area contributed by atoms with Gasteiger partial charge in [0.25, 0.3) is 0 Å². The fraction of sp³-hybridized carbons (Fsp3) is 0.600. The van der Waals surface area contributed by atoms with Crippen molar-refractivity contribution in [2.75, 3.05) is 13.2 Å². The summed E-state index contributed by atoms with van der Waals surface area (Å²) >= 11 is 0. The van der Waals surface area contributed by atoms with E-state index in [-0.39, 0.29) is 0 Å². The number of hydrogen-bond acceptors (Lipinski definition) is 2. The van der Waals surface area contributed by atoms with Gasteiger partial charge in [0, 0.05) is 0 Å². The summed E-state index contributed by atoms with van der Waals surface area (Å²) < 4.78 is 10.6. The Balaban J connectivity index is 0.000000450. The molecule has 0 saturated carbocycles. The van der Waals surface area contributed by atoms with Crippen molar-refractivity contribution < 1.29 is 9.47 Å². The average Bonchev–Trinajstić information content (AvgIpc) is 3.16. The van der Waals surface area contributed by atoms with Crippen molar-refractivity contribution in [1.29, 1.82) is 0 Å². The van der Waals surface area contributed by atoms with Crippen LogP contribution in [0.25, 0.3) is 0 Å². The maximum atomic E-state index is 5.54. The number of hydrogen-bond donors (Lipinski definition) is 0. The highest BCUT2D eigenvalue weighted by molar-refractivity contribution is 5.31. The number of ether oxygens (including phenoxy) is 2. The minimum atomic E-state index is 0.338. The second kappa shape index (κ2) is 10.2. The first-order chi connectivity index (χ1) is 8.27. The lowest BCUT2D eigenvalue weighted by Gasteiger charge is -2.06. The Morgan fingerprint density at radius 1 is 1.24 bits per heavy atom. The van der Waals surface area contributed by atoms with Crippen molar-refractivity contribution in [2.45, 2.75) is 47.1 Å². The number of benzene rings is 1. The summed E-state index contributed by atoms with van der Waals surface area (Å²) in [7, 11) is 0. The third kappa shape index (κ3) is 7.81. The van der Waals surface area contributed by atoms with Crippen molar-refractivity contribution in [3.63, 3.8) is 0 Å². The number of aryl methyl sites for hydroxylation is 1. The van der Waals surface area contributed by atoms with E-state index in [2.05, 4.69) is 13.8 Å². The minimum absolute atomic E-state index is 0.338. The van der Waals surface area contributed by atoms with Gasteiger partial charge in [-0.25, -0.2) is 0 Å². The predicted molar refractivity (Wildman–Crippen MR) is 73.7 cm³/mol. The van der Waals surface area contributed by atoms with Gasteiger partial charge in [0.1, 0.15) is 18.5 Å². The lowest BCUT2D eigenvalue weighted by molar-refractivity contribution is 0.262. The molecule has 0 amide bonds. The van der Waals surface area contributed by atoms with Crippen LogP contribution in [-0.2, 0) is 4.74 Å². The fourth-order valence-corrected chi connectivity index (χ4v) is 1.07. The Kier molecular flexibility index (Phi) is 9.55. The van der Waals surface area contributed by atoms with E-state index < -0.39 is 0 Å². The molecule has 1 aliphatic rings. The van der Waals surface area contributed by atoms with Crippen LogP contribution in [0, 0.1) is 6.92 Å². The largest absolute Gasteiger partial charge is 0.491 e. The van der Waals surface area contributed by atoms with Crippen LogP contribution in [0.15, 0.2) is 24.3 Å². The Hall–Kier alpha value is -1.02. The third-order valence-electron chi connectivity index (χ3n) is 1.92.